The van der Waals surface area contributed by atoms with Gasteiger partial charge in [0.05, 0.1) is 5.92 Å². The first-order valence-electron chi connectivity index (χ1n) is 7.86. The molecule has 0 unspecified atom stereocenters. The number of carbonyl (C=O) groups is 1. The molecule has 3 rings (SSSR count). The van der Waals surface area contributed by atoms with Crippen molar-refractivity contribution in [1.29, 1.82) is 0 Å². The van der Waals surface area contributed by atoms with E-state index in [9.17, 15) is 26.7 Å². The van der Waals surface area contributed by atoms with Crippen LogP contribution < -0.4 is 4.74 Å². The molecule has 3 nitrogen and oxygen atoms in total. The number of halogens is 5. The molecule has 0 atom stereocenters. The van der Waals surface area contributed by atoms with Crippen LogP contribution in [0.5, 0.6) is 5.75 Å². The van der Waals surface area contributed by atoms with Crippen LogP contribution >= 0.6 is 11.3 Å². The number of hydrogen-bond acceptors (Lipinski definition) is 4. The van der Waals surface area contributed by atoms with Crippen LogP contribution in [0.4, 0.5) is 22.0 Å². The van der Waals surface area contributed by atoms with E-state index in [4.69, 9.17) is 0 Å². The molecule has 1 aliphatic heterocycles. The van der Waals surface area contributed by atoms with Crippen LogP contribution in [0.3, 0.4) is 0 Å². The van der Waals surface area contributed by atoms with Crippen LogP contribution in [0, 0.1) is 35.0 Å². The van der Waals surface area contributed by atoms with E-state index in [0.717, 1.165) is 6.54 Å². The average Bonchev–Trinajstić information content (AvgIpc) is 3.15. The molecule has 1 aromatic heterocycles. The lowest BCUT2D eigenvalue weighted by molar-refractivity contribution is -0.141. The van der Waals surface area contributed by atoms with Crippen molar-refractivity contribution in [2.75, 3.05) is 13.1 Å². The summed E-state index contributed by atoms with van der Waals surface area (Å²) in [6.45, 7) is 1.86. The average molecular weight is 391 g/mol. The molecule has 0 radical (unpaired) electrons. The van der Waals surface area contributed by atoms with Crippen LogP contribution in [-0.4, -0.2) is 24.0 Å². The SMILES string of the molecule is O=C(Oc1c(F)c(F)c(F)c(F)c1F)C1CCN(Cc2cccs2)CC1. The van der Waals surface area contributed by atoms with Gasteiger partial charge in [-0.25, -0.2) is 13.2 Å². The molecule has 9 heteroatoms. The summed E-state index contributed by atoms with van der Waals surface area (Å²) >= 11 is 1.61. The van der Waals surface area contributed by atoms with Crippen molar-refractivity contribution < 1.29 is 31.5 Å². The van der Waals surface area contributed by atoms with E-state index in [-0.39, 0.29) is 0 Å². The summed E-state index contributed by atoms with van der Waals surface area (Å²) < 4.78 is 71.1. The molecule has 0 spiro atoms. The zero-order chi connectivity index (χ0) is 18.8. The summed E-state index contributed by atoms with van der Waals surface area (Å²) in [7, 11) is 0. The van der Waals surface area contributed by atoms with Crippen molar-refractivity contribution >= 4 is 17.3 Å². The highest BCUT2D eigenvalue weighted by Gasteiger charge is 2.32. The van der Waals surface area contributed by atoms with Crippen LogP contribution in [0.15, 0.2) is 17.5 Å². The summed E-state index contributed by atoms with van der Waals surface area (Å²) in [6, 6.07) is 3.93. The number of piperidine rings is 1. The molecule has 0 amide bonds. The van der Waals surface area contributed by atoms with Crippen molar-refractivity contribution in [2.45, 2.75) is 19.4 Å². The number of carbonyl (C=O) groups excluding carboxylic acids is 1. The predicted octanol–water partition coefficient (Wildman–Crippen LogP) is 4.26. The Hall–Kier alpha value is -2.00. The minimum Gasteiger partial charge on any atom is -0.420 e. The molecule has 26 heavy (non-hydrogen) atoms. The summed E-state index contributed by atoms with van der Waals surface area (Å²) in [4.78, 5) is 15.4. The van der Waals surface area contributed by atoms with Crippen LogP contribution in [-0.2, 0) is 11.3 Å². The largest absolute Gasteiger partial charge is 0.420 e. The van der Waals surface area contributed by atoms with Gasteiger partial charge in [-0.2, -0.15) is 8.78 Å². The number of thiophene rings is 1. The Bertz CT molecular complexity index is 775. The van der Waals surface area contributed by atoms with Gasteiger partial charge >= 0.3 is 5.97 Å². The molecule has 1 saturated heterocycles. The van der Waals surface area contributed by atoms with E-state index in [1.807, 2.05) is 17.5 Å². The fourth-order valence-corrected chi connectivity index (χ4v) is 3.55. The number of ether oxygens (including phenoxy) is 1. The third-order valence-corrected chi connectivity index (χ3v) is 5.11. The van der Waals surface area contributed by atoms with Crippen molar-refractivity contribution in [3.05, 3.63) is 51.5 Å². The summed E-state index contributed by atoms with van der Waals surface area (Å²) in [5.41, 5.74) is 0. The first-order valence-corrected chi connectivity index (χ1v) is 8.74. The molecule has 2 heterocycles. The molecule has 1 aromatic carbocycles. The van der Waals surface area contributed by atoms with Crippen LogP contribution in [0.25, 0.3) is 0 Å². The Kier molecular flexibility index (Phi) is 5.57. The molecule has 0 bridgehead atoms. The minimum absolute atomic E-state index is 0.375. The highest BCUT2D eigenvalue weighted by atomic mass is 32.1. The molecular weight excluding hydrogens is 377 g/mol. The van der Waals surface area contributed by atoms with E-state index < -0.39 is 46.7 Å². The Morgan fingerprint density at radius 2 is 1.62 bits per heavy atom. The molecule has 1 fully saturated rings. The normalized spacial score (nSPS) is 16.0. The minimum atomic E-state index is -2.29. The standard InChI is InChI=1S/C17H14F5NO2S/c18-11-12(19)14(21)16(15(22)13(11)20)25-17(24)9-3-5-23(6-4-9)8-10-2-1-7-26-10/h1-2,7,9H,3-6,8H2. The van der Waals surface area contributed by atoms with Crippen molar-refractivity contribution in [1.82, 2.24) is 4.90 Å². The highest BCUT2D eigenvalue weighted by molar-refractivity contribution is 7.09. The number of likely N-dealkylation sites (tertiary alicyclic amines) is 1. The van der Waals surface area contributed by atoms with Gasteiger partial charge in [0.15, 0.2) is 0 Å². The van der Waals surface area contributed by atoms with E-state index in [1.165, 1.54) is 4.88 Å². The molecule has 0 N–H and O–H groups in total. The third-order valence-electron chi connectivity index (χ3n) is 4.25. The monoisotopic (exact) mass is 391 g/mol. The van der Waals surface area contributed by atoms with Crippen molar-refractivity contribution in [3.8, 4) is 5.75 Å². The zero-order valence-electron chi connectivity index (χ0n) is 13.4. The van der Waals surface area contributed by atoms with Crippen LogP contribution in [0.1, 0.15) is 17.7 Å². The Morgan fingerprint density at radius 3 is 2.15 bits per heavy atom. The predicted molar refractivity (Wildman–Crippen MR) is 84.2 cm³/mol. The molecule has 2 aromatic rings. The highest BCUT2D eigenvalue weighted by Crippen LogP contribution is 2.31. The van der Waals surface area contributed by atoms with E-state index in [1.54, 1.807) is 11.3 Å². The second-order valence-electron chi connectivity index (χ2n) is 5.95. The topological polar surface area (TPSA) is 29.5 Å². The summed E-state index contributed by atoms with van der Waals surface area (Å²) in [5.74, 6) is -14.1. The molecular formula is C17H14F5NO2S. The summed E-state index contributed by atoms with van der Waals surface area (Å²) in [5, 5.41) is 1.96. The van der Waals surface area contributed by atoms with E-state index >= 15 is 0 Å². The lowest BCUT2D eigenvalue weighted by atomic mass is 9.97. The quantitative estimate of drug-likeness (QED) is 0.256. The fraction of sp³-hybridized carbons (Fsp3) is 0.353. The van der Waals surface area contributed by atoms with Gasteiger partial charge in [0.1, 0.15) is 0 Å². The third kappa shape index (κ3) is 3.73. The molecule has 140 valence electrons. The summed E-state index contributed by atoms with van der Waals surface area (Å²) in [6.07, 6.45) is 0.749. The van der Waals surface area contributed by atoms with Gasteiger partial charge in [0.2, 0.25) is 34.8 Å². The van der Waals surface area contributed by atoms with Gasteiger partial charge < -0.3 is 4.74 Å². The maximum absolute atomic E-state index is 13.6. The number of esters is 1. The molecule has 1 aliphatic rings. The van der Waals surface area contributed by atoms with Crippen LogP contribution in [0.2, 0.25) is 0 Å². The zero-order valence-corrected chi connectivity index (χ0v) is 14.2. The number of benzene rings is 1. The lowest BCUT2D eigenvalue weighted by Crippen LogP contribution is -2.37. The van der Waals surface area contributed by atoms with Gasteiger partial charge in [0, 0.05) is 11.4 Å². The van der Waals surface area contributed by atoms with Crippen molar-refractivity contribution in [2.24, 2.45) is 5.92 Å². The maximum atomic E-state index is 13.6. The fourth-order valence-electron chi connectivity index (χ4n) is 2.81. The van der Waals surface area contributed by atoms with Crippen molar-refractivity contribution in [3.63, 3.8) is 0 Å². The van der Waals surface area contributed by atoms with Gasteiger partial charge in [-0.15, -0.1) is 11.3 Å². The Labute approximate surface area is 150 Å². The molecule has 0 aliphatic carbocycles. The lowest BCUT2D eigenvalue weighted by Gasteiger charge is -2.30. The smallest absolute Gasteiger partial charge is 0.314 e. The van der Waals surface area contributed by atoms with Gasteiger partial charge in [0.25, 0.3) is 0 Å². The van der Waals surface area contributed by atoms with Gasteiger partial charge in [-0.3, -0.25) is 9.69 Å². The maximum Gasteiger partial charge on any atom is 0.314 e. The van der Waals surface area contributed by atoms with E-state index in [0.29, 0.717) is 25.9 Å². The number of rotatable bonds is 4. The second-order valence-corrected chi connectivity index (χ2v) is 6.98. The molecule has 0 saturated carbocycles. The number of hydrogen-bond donors (Lipinski definition) is 0. The van der Waals surface area contributed by atoms with Gasteiger partial charge in [-0.05, 0) is 37.4 Å². The van der Waals surface area contributed by atoms with E-state index in [2.05, 4.69) is 9.64 Å². The number of nitrogens with zero attached hydrogens (tertiary/aromatic N) is 1. The van der Waals surface area contributed by atoms with Gasteiger partial charge in [-0.1, -0.05) is 6.07 Å². The Morgan fingerprint density at radius 1 is 1.04 bits per heavy atom. The second kappa shape index (κ2) is 7.71. The first-order chi connectivity index (χ1) is 12.4. The first kappa shape index (κ1) is 18.8. The Balaban J connectivity index is 1.63.